The van der Waals surface area contributed by atoms with Crippen LogP contribution in [-0.2, 0) is 22.6 Å². The van der Waals surface area contributed by atoms with Crippen molar-refractivity contribution >= 4 is 11.8 Å². The lowest BCUT2D eigenvalue weighted by molar-refractivity contribution is -0.129. The standard InChI is InChI=1S/C18H24N2O4/c1-3-23-15-7-13-6-11(2)24-16(13)8-14(15)10-20-18(22)12-4-5-17(21)19-9-12/h7-8,11-12H,3-6,9-10H2,1-2H3,(H,19,21)(H,20,22)/t11-,12-/m1/s1. The highest BCUT2D eigenvalue weighted by molar-refractivity contribution is 5.83. The van der Waals surface area contributed by atoms with Crippen molar-refractivity contribution in [3.8, 4) is 11.5 Å². The van der Waals surface area contributed by atoms with Crippen molar-refractivity contribution in [2.75, 3.05) is 13.2 Å². The Bertz CT molecular complexity index is 634. The van der Waals surface area contributed by atoms with E-state index in [2.05, 4.69) is 10.6 Å². The summed E-state index contributed by atoms with van der Waals surface area (Å²) in [5.74, 6) is 1.49. The van der Waals surface area contributed by atoms with Crippen molar-refractivity contribution in [3.05, 3.63) is 23.3 Å². The second kappa shape index (κ2) is 7.11. The van der Waals surface area contributed by atoms with Gasteiger partial charge in [0.2, 0.25) is 11.8 Å². The van der Waals surface area contributed by atoms with E-state index in [-0.39, 0.29) is 23.8 Å². The maximum Gasteiger partial charge on any atom is 0.225 e. The van der Waals surface area contributed by atoms with Crippen LogP contribution in [0.4, 0.5) is 0 Å². The molecule has 0 saturated carbocycles. The molecule has 1 saturated heterocycles. The van der Waals surface area contributed by atoms with Crippen molar-refractivity contribution in [3.63, 3.8) is 0 Å². The maximum atomic E-state index is 12.3. The van der Waals surface area contributed by atoms with Crippen molar-refractivity contribution in [1.29, 1.82) is 0 Å². The molecule has 6 nitrogen and oxygen atoms in total. The van der Waals surface area contributed by atoms with Gasteiger partial charge in [0.15, 0.2) is 0 Å². The molecular weight excluding hydrogens is 308 g/mol. The number of fused-ring (bicyclic) bond motifs is 1. The zero-order chi connectivity index (χ0) is 17.1. The molecule has 2 aliphatic heterocycles. The van der Waals surface area contributed by atoms with E-state index in [1.165, 1.54) is 0 Å². The topological polar surface area (TPSA) is 76.7 Å². The average molecular weight is 332 g/mol. The first-order valence-corrected chi connectivity index (χ1v) is 8.56. The lowest BCUT2D eigenvalue weighted by atomic mass is 9.98. The number of piperidine rings is 1. The molecule has 2 atom stereocenters. The summed E-state index contributed by atoms with van der Waals surface area (Å²) in [6.07, 6.45) is 2.06. The third kappa shape index (κ3) is 3.63. The van der Waals surface area contributed by atoms with E-state index in [4.69, 9.17) is 9.47 Å². The minimum atomic E-state index is -0.163. The van der Waals surface area contributed by atoms with Crippen LogP contribution in [0.5, 0.6) is 11.5 Å². The molecule has 2 amide bonds. The fourth-order valence-electron chi connectivity index (χ4n) is 3.19. The number of amides is 2. The minimum absolute atomic E-state index is 0.0163. The highest BCUT2D eigenvalue weighted by atomic mass is 16.5. The summed E-state index contributed by atoms with van der Waals surface area (Å²) >= 11 is 0. The smallest absolute Gasteiger partial charge is 0.225 e. The molecular formula is C18H24N2O4. The van der Waals surface area contributed by atoms with Crippen LogP contribution >= 0.6 is 0 Å². The molecule has 6 heteroatoms. The summed E-state index contributed by atoms with van der Waals surface area (Å²) in [7, 11) is 0. The fraction of sp³-hybridized carbons (Fsp3) is 0.556. The van der Waals surface area contributed by atoms with E-state index >= 15 is 0 Å². The number of carbonyl (C=O) groups is 2. The van der Waals surface area contributed by atoms with Gasteiger partial charge < -0.3 is 20.1 Å². The van der Waals surface area contributed by atoms with Crippen molar-refractivity contribution in [2.24, 2.45) is 5.92 Å². The van der Waals surface area contributed by atoms with Crippen molar-refractivity contribution in [2.45, 2.75) is 45.8 Å². The Morgan fingerprint density at radius 3 is 3.00 bits per heavy atom. The van der Waals surface area contributed by atoms with Crippen LogP contribution in [0.15, 0.2) is 12.1 Å². The van der Waals surface area contributed by atoms with Gasteiger partial charge in [0, 0.05) is 37.1 Å². The first-order chi connectivity index (χ1) is 11.6. The molecule has 2 N–H and O–H groups in total. The van der Waals surface area contributed by atoms with Gasteiger partial charge in [0.1, 0.15) is 17.6 Å². The normalized spacial score (nSPS) is 22.3. The van der Waals surface area contributed by atoms with Gasteiger partial charge in [-0.2, -0.15) is 0 Å². The SMILES string of the molecule is CCOc1cc2c(cc1CNC(=O)[C@@H]1CCC(=O)NC1)O[C@H](C)C2. The lowest BCUT2D eigenvalue weighted by Crippen LogP contribution is -2.42. The molecule has 1 aromatic carbocycles. The molecule has 1 aromatic rings. The van der Waals surface area contributed by atoms with Crippen molar-refractivity contribution < 1.29 is 19.1 Å². The number of carbonyl (C=O) groups excluding carboxylic acids is 2. The molecule has 0 aliphatic carbocycles. The van der Waals surface area contributed by atoms with Crippen LogP contribution in [0.2, 0.25) is 0 Å². The molecule has 1 fully saturated rings. The predicted octanol–water partition coefficient (Wildman–Crippen LogP) is 1.55. The Labute approximate surface area is 141 Å². The molecule has 0 radical (unpaired) electrons. The van der Waals surface area contributed by atoms with Crippen LogP contribution in [-0.4, -0.2) is 31.1 Å². The van der Waals surface area contributed by atoms with Gasteiger partial charge in [-0.15, -0.1) is 0 Å². The zero-order valence-electron chi connectivity index (χ0n) is 14.2. The van der Waals surface area contributed by atoms with Crippen molar-refractivity contribution in [1.82, 2.24) is 10.6 Å². The molecule has 0 unspecified atom stereocenters. The number of hydrogen-bond acceptors (Lipinski definition) is 4. The molecule has 0 aromatic heterocycles. The van der Waals surface area contributed by atoms with E-state index in [1.807, 2.05) is 26.0 Å². The van der Waals surface area contributed by atoms with E-state index in [1.54, 1.807) is 0 Å². The van der Waals surface area contributed by atoms with E-state index in [0.717, 1.165) is 29.0 Å². The van der Waals surface area contributed by atoms with Gasteiger partial charge in [-0.1, -0.05) is 0 Å². The number of ether oxygens (including phenoxy) is 2. The predicted molar refractivity (Wildman–Crippen MR) is 89.0 cm³/mol. The number of nitrogens with one attached hydrogen (secondary N) is 2. The first-order valence-electron chi connectivity index (χ1n) is 8.56. The number of benzene rings is 1. The molecule has 2 heterocycles. The van der Waals surface area contributed by atoms with Crippen LogP contribution in [0.3, 0.4) is 0 Å². The molecule has 24 heavy (non-hydrogen) atoms. The highest BCUT2D eigenvalue weighted by Gasteiger charge is 2.25. The van der Waals surface area contributed by atoms with E-state index < -0.39 is 0 Å². The summed E-state index contributed by atoms with van der Waals surface area (Å²) in [6.45, 7) is 5.36. The highest BCUT2D eigenvalue weighted by Crippen LogP contribution is 2.35. The van der Waals surface area contributed by atoms with Crippen LogP contribution in [0.1, 0.15) is 37.8 Å². The first kappa shape index (κ1) is 16.6. The summed E-state index contributed by atoms with van der Waals surface area (Å²) in [5, 5.41) is 5.70. The quantitative estimate of drug-likeness (QED) is 0.858. The third-order valence-corrected chi connectivity index (χ3v) is 4.47. The Kier molecular flexibility index (Phi) is 4.92. The summed E-state index contributed by atoms with van der Waals surface area (Å²) in [5.41, 5.74) is 2.06. The van der Waals surface area contributed by atoms with E-state index in [9.17, 15) is 9.59 Å². The van der Waals surface area contributed by atoms with E-state index in [0.29, 0.717) is 32.5 Å². The Balaban J connectivity index is 1.67. The average Bonchev–Trinajstić information content (AvgIpc) is 2.92. The third-order valence-electron chi connectivity index (χ3n) is 4.47. The minimum Gasteiger partial charge on any atom is -0.494 e. The number of rotatable bonds is 5. The monoisotopic (exact) mass is 332 g/mol. The van der Waals surface area contributed by atoms with Crippen LogP contribution < -0.4 is 20.1 Å². The second-order valence-corrected chi connectivity index (χ2v) is 6.39. The summed E-state index contributed by atoms with van der Waals surface area (Å²) in [6, 6.07) is 3.98. The molecule has 130 valence electrons. The maximum absolute atomic E-state index is 12.3. The van der Waals surface area contributed by atoms with Gasteiger partial charge in [-0.3, -0.25) is 9.59 Å². The zero-order valence-corrected chi connectivity index (χ0v) is 14.2. The summed E-state index contributed by atoms with van der Waals surface area (Å²) in [4.78, 5) is 23.5. The lowest BCUT2D eigenvalue weighted by Gasteiger charge is -2.22. The molecule has 0 bridgehead atoms. The van der Waals surface area contributed by atoms with Gasteiger partial charge in [0.25, 0.3) is 0 Å². The van der Waals surface area contributed by atoms with Crippen LogP contribution in [0, 0.1) is 5.92 Å². The Morgan fingerprint density at radius 1 is 1.46 bits per heavy atom. The largest absolute Gasteiger partial charge is 0.494 e. The van der Waals surface area contributed by atoms with Gasteiger partial charge in [-0.05, 0) is 32.4 Å². The Morgan fingerprint density at radius 2 is 2.29 bits per heavy atom. The molecule has 3 rings (SSSR count). The van der Waals surface area contributed by atoms with Gasteiger partial charge in [0.05, 0.1) is 12.5 Å². The molecule has 0 spiro atoms. The fourth-order valence-corrected chi connectivity index (χ4v) is 3.19. The van der Waals surface area contributed by atoms with Gasteiger partial charge in [-0.25, -0.2) is 0 Å². The summed E-state index contributed by atoms with van der Waals surface area (Å²) < 4.78 is 11.5. The Hall–Kier alpha value is -2.24. The van der Waals surface area contributed by atoms with Crippen LogP contribution in [0.25, 0.3) is 0 Å². The molecule has 2 aliphatic rings. The van der Waals surface area contributed by atoms with Gasteiger partial charge >= 0.3 is 0 Å². The second-order valence-electron chi connectivity index (χ2n) is 6.39. The number of hydrogen-bond donors (Lipinski definition) is 2.